The number of hydrogen-bond acceptors (Lipinski definition) is 2. The first kappa shape index (κ1) is 12.5. The quantitative estimate of drug-likeness (QED) is 0.702. The summed E-state index contributed by atoms with van der Waals surface area (Å²) in [6.45, 7) is 5.75. The van der Waals surface area contributed by atoms with Crippen LogP contribution in [0.5, 0.6) is 0 Å². The van der Waals surface area contributed by atoms with Crippen LogP contribution in [0.15, 0.2) is 0 Å². The van der Waals surface area contributed by atoms with Crippen molar-refractivity contribution in [1.29, 1.82) is 0 Å². The van der Waals surface area contributed by atoms with E-state index in [-0.39, 0.29) is 11.8 Å². The molecule has 15 heavy (non-hydrogen) atoms. The van der Waals surface area contributed by atoms with Crippen molar-refractivity contribution in [3.05, 3.63) is 0 Å². The van der Waals surface area contributed by atoms with Crippen molar-refractivity contribution in [3.63, 3.8) is 0 Å². The molecule has 1 rings (SSSR count). The molecule has 0 aromatic rings. The van der Waals surface area contributed by atoms with Gasteiger partial charge in [0.05, 0.1) is 6.61 Å². The lowest BCUT2D eigenvalue weighted by molar-refractivity contribution is -0.201. The summed E-state index contributed by atoms with van der Waals surface area (Å²) in [6, 6.07) is 0. The van der Waals surface area contributed by atoms with E-state index in [1.807, 2.05) is 0 Å². The van der Waals surface area contributed by atoms with E-state index in [1.54, 1.807) is 5.06 Å². The van der Waals surface area contributed by atoms with E-state index >= 15 is 0 Å². The van der Waals surface area contributed by atoms with Gasteiger partial charge in [-0.05, 0) is 25.7 Å². The number of carbonyl (C=O) groups excluding carboxylic acids is 1. The lowest BCUT2D eigenvalue weighted by Crippen LogP contribution is -2.39. The molecule has 0 N–H and O–H groups in total. The molecule has 1 fully saturated rings. The minimum atomic E-state index is 0.179. The van der Waals surface area contributed by atoms with Gasteiger partial charge in [0.1, 0.15) is 0 Å². The van der Waals surface area contributed by atoms with Crippen LogP contribution in [0, 0.1) is 5.92 Å². The summed E-state index contributed by atoms with van der Waals surface area (Å²) < 4.78 is 0. The topological polar surface area (TPSA) is 29.5 Å². The van der Waals surface area contributed by atoms with Crippen molar-refractivity contribution in [3.8, 4) is 0 Å². The van der Waals surface area contributed by atoms with Crippen LogP contribution >= 0.6 is 0 Å². The lowest BCUT2D eigenvalue weighted by Gasteiger charge is -2.29. The molecule has 0 bridgehead atoms. The summed E-state index contributed by atoms with van der Waals surface area (Å²) in [5.41, 5.74) is 0. The van der Waals surface area contributed by atoms with Crippen LogP contribution in [0.2, 0.25) is 0 Å². The van der Waals surface area contributed by atoms with E-state index in [1.165, 1.54) is 0 Å². The Morgan fingerprint density at radius 1 is 1.27 bits per heavy atom. The van der Waals surface area contributed by atoms with Gasteiger partial charge in [0.15, 0.2) is 0 Å². The Kier molecular flexibility index (Phi) is 5.69. The van der Waals surface area contributed by atoms with Crippen molar-refractivity contribution in [2.24, 2.45) is 5.92 Å². The maximum atomic E-state index is 12.1. The van der Waals surface area contributed by atoms with Gasteiger partial charge in [-0.25, -0.2) is 5.06 Å². The average molecular weight is 213 g/mol. The van der Waals surface area contributed by atoms with Gasteiger partial charge in [-0.1, -0.05) is 26.7 Å². The molecule has 0 atom stereocenters. The molecule has 0 radical (unpaired) electrons. The molecule has 1 aliphatic rings. The van der Waals surface area contributed by atoms with Gasteiger partial charge in [-0.3, -0.25) is 9.63 Å². The first-order valence-corrected chi connectivity index (χ1v) is 6.23. The van der Waals surface area contributed by atoms with Crippen LogP contribution in [0.1, 0.15) is 52.4 Å². The average Bonchev–Trinajstić information content (AvgIpc) is 2.29. The van der Waals surface area contributed by atoms with Gasteiger partial charge in [0, 0.05) is 12.5 Å². The van der Waals surface area contributed by atoms with E-state index in [4.69, 9.17) is 4.84 Å². The van der Waals surface area contributed by atoms with Gasteiger partial charge in [0.25, 0.3) is 0 Å². The predicted molar refractivity (Wildman–Crippen MR) is 60.2 cm³/mol. The summed E-state index contributed by atoms with van der Waals surface area (Å²) in [7, 11) is 0. The van der Waals surface area contributed by atoms with Gasteiger partial charge in [-0.15, -0.1) is 0 Å². The van der Waals surface area contributed by atoms with Crippen molar-refractivity contribution in [2.45, 2.75) is 52.4 Å². The van der Waals surface area contributed by atoms with Gasteiger partial charge >= 0.3 is 0 Å². The van der Waals surface area contributed by atoms with Gasteiger partial charge in [-0.2, -0.15) is 0 Å². The minimum Gasteiger partial charge on any atom is -0.272 e. The van der Waals surface area contributed by atoms with Crippen LogP contribution in [0.4, 0.5) is 0 Å². The first-order chi connectivity index (χ1) is 7.29. The van der Waals surface area contributed by atoms with Crippen molar-refractivity contribution in [1.82, 2.24) is 5.06 Å². The smallest absolute Gasteiger partial charge is 0.249 e. The van der Waals surface area contributed by atoms with Crippen LogP contribution < -0.4 is 0 Å². The third-order valence-corrected chi connectivity index (χ3v) is 2.87. The molecule has 0 aromatic heterocycles. The fourth-order valence-corrected chi connectivity index (χ4v) is 2.06. The highest BCUT2D eigenvalue weighted by Crippen LogP contribution is 2.19. The second kappa shape index (κ2) is 6.83. The fourth-order valence-electron chi connectivity index (χ4n) is 2.06. The normalized spacial score (nSPS) is 17.1. The Morgan fingerprint density at radius 3 is 2.40 bits per heavy atom. The van der Waals surface area contributed by atoms with Crippen molar-refractivity contribution >= 4 is 5.91 Å². The summed E-state index contributed by atoms with van der Waals surface area (Å²) in [4.78, 5) is 17.5. The maximum Gasteiger partial charge on any atom is 0.249 e. The Balaban J connectivity index is 2.45. The highest BCUT2D eigenvalue weighted by molar-refractivity contribution is 5.77. The zero-order valence-corrected chi connectivity index (χ0v) is 10.00. The molecule has 0 spiro atoms. The number of nitrogens with zero attached hydrogens (tertiary/aromatic N) is 1. The van der Waals surface area contributed by atoms with Gasteiger partial charge < -0.3 is 0 Å². The molecule has 1 heterocycles. The number of rotatable bonds is 5. The SMILES string of the molecule is CCCC(CCC)C(=O)N1CCCCO1. The van der Waals surface area contributed by atoms with E-state index in [2.05, 4.69) is 13.8 Å². The van der Waals surface area contributed by atoms with E-state index in [9.17, 15) is 4.79 Å². The lowest BCUT2D eigenvalue weighted by atomic mass is 9.97. The highest BCUT2D eigenvalue weighted by Gasteiger charge is 2.25. The van der Waals surface area contributed by atoms with Gasteiger partial charge in [0.2, 0.25) is 5.91 Å². The van der Waals surface area contributed by atoms with Crippen LogP contribution in [-0.4, -0.2) is 24.1 Å². The Morgan fingerprint density at radius 2 is 1.93 bits per heavy atom. The molecule has 3 nitrogen and oxygen atoms in total. The van der Waals surface area contributed by atoms with E-state index in [0.29, 0.717) is 6.61 Å². The Bertz CT molecular complexity index is 182. The predicted octanol–water partition coefficient (Wildman–Crippen LogP) is 2.76. The highest BCUT2D eigenvalue weighted by atomic mass is 16.7. The first-order valence-electron chi connectivity index (χ1n) is 6.23. The monoisotopic (exact) mass is 213 g/mol. The summed E-state index contributed by atoms with van der Waals surface area (Å²) in [5.74, 6) is 0.386. The molecule has 88 valence electrons. The number of hydroxylamine groups is 2. The minimum absolute atomic E-state index is 0.179. The third-order valence-electron chi connectivity index (χ3n) is 2.87. The molecule has 0 aromatic carbocycles. The Labute approximate surface area is 92.7 Å². The van der Waals surface area contributed by atoms with Crippen molar-refractivity contribution < 1.29 is 9.63 Å². The molecule has 1 saturated heterocycles. The third kappa shape index (κ3) is 3.82. The largest absolute Gasteiger partial charge is 0.272 e. The number of carbonyl (C=O) groups is 1. The number of hydrogen-bond donors (Lipinski definition) is 0. The molecular formula is C12H23NO2. The molecular weight excluding hydrogens is 190 g/mol. The zero-order valence-electron chi connectivity index (χ0n) is 10.00. The van der Waals surface area contributed by atoms with E-state index in [0.717, 1.165) is 45.1 Å². The molecule has 3 heteroatoms. The number of amides is 1. The van der Waals surface area contributed by atoms with Crippen LogP contribution in [0.3, 0.4) is 0 Å². The molecule has 0 saturated carbocycles. The Hall–Kier alpha value is -0.570. The molecule has 0 unspecified atom stereocenters. The van der Waals surface area contributed by atoms with Crippen molar-refractivity contribution in [2.75, 3.05) is 13.2 Å². The summed E-state index contributed by atoms with van der Waals surface area (Å²) in [5, 5.41) is 1.60. The standard InChI is InChI=1S/C12H23NO2/c1-3-7-11(8-4-2)12(14)13-9-5-6-10-15-13/h11H,3-10H2,1-2H3. The maximum absolute atomic E-state index is 12.1. The fraction of sp³-hybridized carbons (Fsp3) is 0.917. The van der Waals surface area contributed by atoms with Crippen LogP contribution in [0.25, 0.3) is 0 Å². The van der Waals surface area contributed by atoms with Crippen LogP contribution in [-0.2, 0) is 9.63 Å². The summed E-state index contributed by atoms with van der Waals surface area (Å²) in [6.07, 6.45) is 6.29. The summed E-state index contributed by atoms with van der Waals surface area (Å²) >= 11 is 0. The zero-order chi connectivity index (χ0) is 11.1. The second-order valence-corrected chi connectivity index (χ2v) is 4.25. The molecule has 1 aliphatic heterocycles. The molecule has 1 amide bonds. The second-order valence-electron chi connectivity index (χ2n) is 4.25. The van der Waals surface area contributed by atoms with E-state index < -0.39 is 0 Å². The molecule has 0 aliphatic carbocycles.